The van der Waals surface area contributed by atoms with Crippen LogP contribution in [0.2, 0.25) is 15.1 Å². The Labute approximate surface area is 157 Å². The third-order valence-corrected chi connectivity index (χ3v) is 3.97. The number of ether oxygens (including phenoxy) is 1. The van der Waals surface area contributed by atoms with Crippen LogP contribution in [0.25, 0.3) is 0 Å². The van der Waals surface area contributed by atoms with Crippen molar-refractivity contribution in [3.05, 3.63) is 67.1 Å². The molecule has 0 spiro atoms. The van der Waals surface area contributed by atoms with Crippen LogP contribution in [0.1, 0.15) is 5.56 Å². The van der Waals surface area contributed by atoms with E-state index >= 15 is 0 Å². The van der Waals surface area contributed by atoms with E-state index in [-0.39, 0.29) is 28.1 Å². The maximum atomic E-state index is 11.7. The molecule has 1 N–H and O–H groups in total. The summed E-state index contributed by atoms with van der Waals surface area (Å²) in [6, 6.07) is 8.91. The summed E-state index contributed by atoms with van der Waals surface area (Å²) in [7, 11) is 0. The second-order valence-corrected chi connectivity index (χ2v) is 5.79. The molecule has 10 heteroatoms. The molecule has 0 aromatic heterocycles. The number of hydrazone groups is 1. The molecule has 0 aliphatic carbocycles. The third-order valence-electron chi connectivity index (χ3n) is 2.84. The smallest absolute Gasteiger partial charge is 0.288 e. The molecular weight excluding hydrogens is 393 g/mol. The predicted molar refractivity (Wildman–Crippen MR) is 95.8 cm³/mol. The van der Waals surface area contributed by atoms with Gasteiger partial charge in [-0.3, -0.25) is 14.9 Å². The molecule has 1 amide bonds. The number of rotatable bonds is 6. The lowest BCUT2D eigenvalue weighted by molar-refractivity contribution is -0.384. The molecule has 0 saturated heterocycles. The van der Waals surface area contributed by atoms with Gasteiger partial charge in [0.05, 0.1) is 16.2 Å². The minimum atomic E-state index is -0.610. The highest BCUT2D eigenvalue weighted by Crippen LogP contribution is 2.31. The maximum Gasteiger partial charge on any atom is 0.288 e. The van der Waals surface area contributed by atoms with Crippen LogP contribution in [0.3, 0.4) is 0 Å². The summed E-state index contributed by atoms with van der Waals surface area (Å²) in [5.41, 5.74) is 2.37. The Kier molecular flexibility index (Phi) is 6.58. The Hall–Kier alpha value is -2.35. The fourth-order valence-corrected chi connectivity index (χ4v) is 2.23. The van der Waals surface area contributed by atoms with Crippen molar-refractivity contribution in [3.63, 3.8) is 0 Å². The summed E-state index contributed by atoms with van der Waals surface area (Å²) in [5.74, 6) is -0.280. The summed E-state index contributed by atoms with van der Waals surface area (Å²) in [4.78, 5) is 21.9. The summed E-state index contributed by atoms with van der Waals surface area (Å²) in [6.45, 7) is -0.335. The molecule has 25 heavy (non-hydrogen) atoms. The predicted octanol–water partition coefficient (Wildman–Crippen LogP) is 4.08. The van der Waals surface area contributed by atoms with Gasteiger partial charge in [0.1, 0.15) is 15.8 Å². The van der Waals surface area contributed by atoms with Crippen molar-refractivity contribution in [1.82, 2.24) is 5.43 Å². The highest BCUT2D eigenvalue weighted by Gasteiger charge is 2.12. The normalized spacial score (nSPS) is 10.7. The minimum absolute atomic E-state index is 0.0120. The summed E-state index contributed by atoms with van der Waals surface area (Å²) in [5, 5.41) is 15.0. The maximum absolute atomic E-state index is 11.7. The van der Waals surface area contributed by atoms with Gasteiger partial charge in [0.25, 0.3) is 11.6 Å². The standard InChI is InChI=1S/C15H10Cl3N3O4/c16-10-5-4-9(6-12(10)21(23)24)7-19-20-14(22)8-25-13-3-1-2-11(17)15(13)18/h1-7H,8H2,(H,20,22)/b19-7+. The lowest BCUT2D eigenvalue weighted by atomic mass is 10.2. The monoisotopic (exact) mass is 401 g/mol. The van der Waals surface area contributed by atoms with Gasteiger partial charge in [0.15, 0.2) is 6.61 Å². The largest absolute Gasteiger partial charge is 0.482 e. The summed E-state index contributed by atoms with van der Waals surface area (Å²) in [6.07, 6.45) is 1.24. The molecule has 2 rings (SSSR count). The van der Waals surface area contributed by atoms with Gasteiger partial charge in [-0.15, -0.1) is 0 Å². The number of carbonyl (C=O) groups excluding carboxylic acids is 1. The first kappa shape index (κ1) is 19.0. The van der Waals surface area contributed by atoms with E-state index < -0.39 is 10.8 Å². The number of nitrogens with zero attached hydrogens (tertiary/aromatic N) is 2. The molecule has 0 unspecified atom stereocenters. The Morgan fingerprint density at radius 3 is 2.72 bits per heavy atom. The van der Waals surface area contributed by atoms with Crippen LogP contribution in [-0.4, -0.2) is 23.7 Å². The molecular formula is C15H10Cl3N3O4. The Morgan fingerprint density at radius 1 is 1.24 bits per heavy atom. The van der Waals surface area contributed by atoms with Crippen molar-refractivity contribution < 1.29 is 14.5 Å². The number of nitro benzene ring substituents is 1. The summed E-state index contributed by atoms with van der Waals surface area (Å²) < 4.78 is 5.24. The Balaban J connectivity index is 1.91. The number of carbonyl (C=O) groups is 1. The molecule has 0 aliphatic heterocycles. The van der Waals surface area contributed by atoms with Crippen LogP contribution in [0.15, 0.2) is 41.5 Å². The molecule has 2 aromatic carbocycles. The van der Waals surface area contributed by atoms with Gasteiger partial charge < -0.3 is 4.74 Å². The van der Waals surface area contributed by atoms with Crippen molar-refractivity contribution in [3.8, 4) is 5.75 Å². The molecule has 0 heterocycles. The first-order valence-electron chi connectivity index (χ1n) is 6.71. The SMILES string of the molecule is O=C(COc1cccc(Cl)c1Cl)N/N=C/c1ccc(Cl)c([N+](=O)[O-])c1. The van der Waals surface area contributed by atoms with E-state index in [1.54, 1.807) is 18.2 Å². The van der Waals surface area contributed by atoms with Gasteiger partial charge in [0, 0.05) is 11.6 Å². The van der Waals surface area contributed by atoms with E-state index in [1.807, 2.05) is 0 Å². The lowest BCUT2D eigenvalue weighted by Gasteiger charge is -2.07. The Bertz CT molecular complexity index is 843. The van der Waals surface area contributed by atoms with Crippen LogP contribution in [0, 0.1) is 10.1 Å². The van der Waals surface area contributed by atoms with Crippen LogP contribution >= 0.6 is 34.8 Å². The third kappa shape index (κ3) is 5.32. The van der Waals surface area contributed by atoms with Gasteiger partial charge in [0.2, 0.25) is 0 Å². The summed E-state index contributed by atoms with van der Waals surface area (Å²) >= 11 is 17.5. The quantitative estimate of drug-likeness (QED) is 0.447. The van der Waals surface area contributed by atoms with Crippen molar-refractivity contribution in [2.75, 3.05) is 6.61 Å². The van der Waals surface area contributed by atoms with E-state index in [4.69, 9.17) is 39.5 Å². The average Bonchev–Trinajstić information content (AvgIpc) is 2.57. The fourth-order valence-electron chi connectivity index (χ4n) is 1.70. The van der Waals surface area contributed by atoms with Gasteiger partial charge in [-0.05, 0) is 18.2 Å². The zero-order valence-electron chi connectivity index (χ0n) is 12.4. The van der Waals surface area contributed by atoms with E-state index in [0.29, 0.717) is 10.6 Å². The zero-order valence-corrected chi connectivity index (χ0v) is 14.7. The van der Waals surface area contributed by atoms with E-state index in [1.165, 1.54) is 24.4 Å². The number of nitrogens with one attached hydrogen (secondary N) is 1. The number of nitro groups is 1. The molecule has 7 nitrogen and oxygen atoms in total. The van der Waals surface area contributed by atoms with Crippen LogP contribution in [-0.2, 0) is 4.79 Å². The van der Waals surface area contributed by atoms with E-state index in [2.05, 4.69) is 10.5 Å². The second-order valence-electron chi connectivity index (χ2n) is 4.60. The van der Waals surface area contributed by atoms with Crippen molar-refractivity contribution >= 4 is 52.6 Å². The molecule has 0 bridgehead atoms. The average molecular weight is 403 g/mol. The highest BCUT2D eigenvalue weighted by molar-refractivity contribution is 6.42. The number of hydrogen-bond donors (Lipinski definition) is 1. The van der Waals surface area contributed by atoms with Gasteiger partial charge in [-0.1, -0.05) is 46.9 Å². The van der Waals surface area contributed by atoms with Gasteiger partial charge in [-0.2, -0.15) is 5.10 Å². The second kappa shape index (κ2) is 8.66. The van der Waals surface area contributed by atoms with E-state index in [0.717, 1.165) is 0 Å². The lowest BCUT2D eigenvalue weighted by Crippen LogP contribution is -2.24. The van der Waals surface area contributed by atoms with Crippen LogP contribution in [0.4, 0.5) is 5.69 Å². The molecule has 0 saturated carbocycles. The van der Waals surface area contributed by atoms with E-state index in [9.17, 15) is 14.9 Å². The fraction of sp³-hybridized carbons (Fsp3) is 0.0667. The molecule has 0 fully saturated rings. The topological polar surface area (TPSA) is 93.8 Å². The first-order valence-corrected chi connectivity index (χ1v) is 7.84. The van der Waals surface area contributed by atoms with Crippen molar-refractivity contribution in [2.45, 2.75) is 0 Å². The van der Waals surface area contributed by atoms with Crippen LogP contribution < -0.4 is 10.2 Å². The van der Waals surface area contributed by atoms with Crippen molar-refractivity contribution in [2.24, 2.45) is 5.10 Å². The van der Waals surface area contributed by atoms with Gasteiger partial charge in [-0.25, -0.2) is 5.43 Å². The number of halogens is 3. The molecule has 0 aliphatic rings. The zero-order chi connectivity index (χ0) is 18.4. The molecule has 130 valence electrons. The first-order chi connectivity index (χ1) is 11.9. The highest BCUT2D eigenvalue weighted by atomic mass is 35.5. The van der Waals surface area contributed by atoms with Crippen LogP contribution in [0.5, 0.6) is 5.75 Å². The molecule has 0 radical (unpaired) electrons. The van der Waals surface area contributed by atoms with Crippen molar-refractivity contribution in [1.29, 1.82) is 0 Å². The molecule has 0 atom stereocenters. The number of benzene rings is 2. The molecule has 2 aromatic rings. The number of amides is 1. The Morgan fingerprint density at radius 2 is 2.00 bits per heavy atom. The number of hydrogen-bond acceptors (Lipinski definition) is 5. The van der Waals surface area contributed by atoms with Gasteiger partial charge >= 0.3 is 0 Å². The minimum Gasteiger partial charge on any atom is -0.482 e.